The maximum absolute atomic E-state index is 13.4. The number of anilines is 2. The molecule has 3 heterocycles. The summed E-state index contributed by atoms with van der Waals surface area (Å²) in [6.07, 6.45) is 7.23. The molecule has 0 spiro atoms. The maximum atomic E-state index is 13.4. The van der Waals surface area contributed by atoms with E-state index in [4.69, 9.17) is 4.98 Å². The average Bonchev–Trinajstić information content (AvgIpc) is 3.71. The van der Waals surface area contributed by atoms with Gasteiger partial charge in [-0.2, -0.15) is 0 Å². The molecule has 0 bridgehead atoms. The molecule has 1 aliphatic carbocycles. The zero-order chi connectivity index (χ0) is 28.0. The fourth-order valence-corrected chi connectivity index (χ4v) is 7.88. The van der Waals surface area contributed by atoms with Gasteiger partial charge in [0.2, 0.25) is 10.0 Å². The minimum absolute atomic E-state index is 0.0930. The van der Waals surface area contributed by atoms with Crippen LogP contribution >= 0.6 is 0 Å². The first-order chi connectivity index (χ1) is 20.0. The second kappa shape index (κ2) is 10.2. The number of para-hydroxylation sites is 2. The number of aromatic nitrogens is 4. The smallest absolute Gasteiger partial charge is 0.244 e. The molecule has 3 aromatic carbocycles. The van der Waals surface area contributed by atoms with E-state index in [0.29, 0.717) is 17.6 Å². The first kappa shape index (κ1) is 25.5. The summed E-state index contributed by atoms with van der Waals surface area (Å²) in [6.45, 7) is 2.31. The molecule has 1 fully saturated rings. The van der Waals surface area contributed by atoms with Gasteiger partial charge in [0, 0.05) is 41.4 Å². The van der Waals surface area contributed by atoms with Crippen molar-refractivity contribution in [2.45, 2.75) is 37.5 Å². The third-order valence-corrected chi connectivity index (χ3v) is 9.92. The minimum Gasteiger partial charge on any atom is -0.338 e. The Labute approximate surface area is 239 Å². The Balaban J connectivity index is 1.26. The standard InChI is InChI=1S/C33H31N5O2S/c1-24-19-28(37(26-13-7-3-8-14-26)27-15-9-4-10-16-27)20-29(24)31-21-34-32-22-35-33-30(38(31)32)17-18-36(33)41(39,40)23-25-11-5-2-6-12-25/h2-18,21-22,24,28-29H,19-20,23H2,1H3. The summed E-state index contributed by atoms with van der Waals surface area (Å²) in [7, 11) is -3.66. The Morgan fingerprint density at radius 2 is 1.44 bits per heavy atom. The van der Waals surface area contributed by atoms with Gasteiger partial charge in [0.15, 0.2) is 11.3 Å². The van der Waals surface area contributed by atoms with Crippen LogP contribution in [0.25, 0.3) is 16.8 Å². The van der Waals surface area contributed by atoms with Crippen molar-refractivity contribution in [1.82, 2.24) is 18.3 Å². The van der Waals surface area contributed by atoms with Crippen LogP contribution in [-0.4, -0.2) is 32.8 Å². The molecule has 7 nitrogen and oxygen atoms in total. The average molecular weight is 562 g/mol. The fourth-order valence-electron chi connectivity index (χ4n) is 6.47. The minimum atomic E-state index is -3.66. The number of hydrogen-bond acceptors (Lipinski definition) is 5. The SMILES string of the molecule is CC1CC(N(c2ccccc2)c2ccccc2)CC1c1cnc2cnc3c(ccn3S(=O)(=O)Cc3ccccc3)n12. The van der Waals surface area contributed by atoms with E-state index in [1.165, 1.54) is 15.3 Å². The van der Waals surface area contributed by atoms with E-state index in [2.05, 4.69) is 81.9 Å². The third-order valence-electron chi connectivity index (χ3n) is 8.33. The van der Waals surface area contributed by atoms with E-state index < -0.39 is 10.0 Å². The molecule has 1 saturated carbocycles. The highest BCUT2D eigenvalue weighted by atomic mass is 32.2. The first-order valence-corrected chi connectivity index (χ1v) is 15.6. The summed E-state index contributed by atoms with van der Waals surface area (Å²) < 4.78 is 30.3. The number of nitrogens with zero attached hydrogens (tertiary/aromatic N) is 5. The third kappa shape index (κ3) is 4.58. The van der Waals surface area contributed by atoms with Crippen molar-refractivity contribution in [1.29, 1.82) is 0 Å². The summed E-state index contributed by atoms with van der Waals surface area (Å²) in [6, 6.07) is 32.6. The van der Waals surface area contributed by atoms with Crippen molar-refractivity contribution >= 4 is 38.2 Å². The van der Waals surface area contributed by atoms with Crippen LogP contribution in [0, 0.1) is 5.92 Å². The lowest BCUT2D eigenvalue weighted by atomic mass is 9.95. The van der Waals surface area contributed by atoms with E-state index in [1.807, 2.05) is 42.6 Å². The Morgan fingerprint density at radius 1 is 0.805 bits per heavy atom. The first-order valence-electron chi connectivity index (χ1n) is 14.0. The van der Waals surface area contributed by atoms with Crippen molar-refractivity contribution in [3.05, 3.63) is 127 Å². The second-order valence-electron chi connectivity index (χ2n) is 10.9. The number of fused-ring (bicyclic) bond motifs is 3. The van der Waals surface area contributed by atoms with E-state index >= 15 is 0 Å². The molecule has 3 atom stereocenters. The van der Waals surface area contributed by atoms with Gasteiger partial charge >= 0.3 is 0 Å². The topological polar surface area (TPSA) is 72.5 Å². The molecular weight excluding hydrogens is 530 g/mol. The lowest BCUT2D eigenvalue weighted by molar-refractivity contribution is 0.519. The van der Waals surface area contributed by atoms with Crippen LogP contribution in [-0.2, 0) is 15.8 Å². The summed E-state index contributed by atoms with van der Waals surface area (Å²) in [5, 5.41) is 0. The summed E-state index contributed by atoms with van der Waals surface area (Å²) in [4.78, 5) is 11.7. The normalized spacial score (nSPS) is 19.2. The monoisotopic (exact) mass is 561 g/mol. The van der Waals surface area contributed by atoms with Crippen LogP contribution in [0.4, 0.5) is 11.4 Å². The van der Waals surface area contributed by atoms with Crippen LogP contribution in [0.3, 0.4) is 0 Å². The van der Waals surface area contributed by atoms with Gasteiger partial charge in [-0.05, 0) is 54.7 Å². The predicted molar refractivity (Wildman–Crippen MR) is 163 cm³/mol. The highest BCUT2D eigenvalue weighted by Gasteiger charge is 2.38. The van der Waals surface area contributed by atoms with Crippen molar-refractivity contribution in [3.8, 4) is 0 Å². The van der Waals surface area contributed by atoms with E-state index in [1.54, 1.807) is 12.4 Å². The van der Waals surface area contributed by atoms with Crippen molar-refractivity contribution < 1.29 is 8.42 Å². The van der Waals surface area contributed by atoms with Gasteiger partial charge < -0.3 is 4.90 Å². The summed E-state index contributed by atoms with van der Waals surface area (Å²) >= 11 is 0. The molecule has 0 amide bonds. The Kier molecular flexibility index (Phi) is 6.35. The molecule has 206 valence electrons. The fraction of sp³-hybridized carbons (Fsp3) is 0.212. The van der Waals surface area contributed by atoms with Crippen LogP contribution in [0.1, 0.15) is 36.9 Å². The zero-order valence-electron chi connectivity index (χ0n) is 22.8. The van der Waals surface area contributed by atoms with Gasteiger partial charge in [0.25, 0.3) is 0 Å². The highest BCUT2D eigenvalue weighted by molar-refractivity contribution is 7.89. The predicted octanol–water partition coefficient (Wildman–Crippen LogP) is 6.78. The van der Waals surface area contributed by atoms with Crippen molar-refractivity contribution in [3.63, 3.8) is 0 Å². The maximum Gasteiger partial charge on any atom is 0.244 e. The largest absolute Gasteiger partial charge is 0.338 e. The van der Waals surface area contributed by atoms with Gasteiger partial charge in [0.1, 0.15) is 0 Å². The Bertz CT molecular complexity index is 1880. The Morgan fingerprint density at radius 3 is 2.10 bits per heavy atom. The molecule has 8 heteroatoms. The molecule has 0 radical (unpaired) electrons. The van der Waals surface area contributed by atoms with E-state index in [-0.39, 0.29) is 11.7 Å². The molecular formula is C33H31N5O2S. The number of imidazole rings is 1. The quantitative estimate of drug-likeness (QED) is 0.215. The van der Waals surface area contributed by atoms with Gasteiger partial charge in [-0.1, -0.05) is 73.7 Å². The van der Waals surface area contributed by atoms with E-state index in [0.717, 1.165) is 35.3 Å². The highest BCUT2D eigenvalue weighted by Crippen LogP contribution is 2.45. The Hall–Kier alpha value is -4.43. The molecule has 3 unspecified atom stereocenters. The van der Waals surface area contributed by atoms with Gasteiger partial charge in [0.05, 0.1) is 17.5 Å². The van der Waals surface area contributed by atoms with Crippen molar-refractivity contribution in [2.24, 2.45) is 5.92 Å². The number of hydrogen-bond donors (Lipinski definition) is 0. The molecule has 7 rings (SSSR count). The molecule has 0 N–H and O–H groups in total. The lowest BCUT2D eigenvalue weighted by Crippen LogP contribution is -2.29. The van der Waals surface area contributed by atoms with Crippen LogP contribution in [0.15, 0.2) is 116 Å². The summed E-state index contributed by atoms with van der Waals surface area (Å²) in [5.74, 6) is 0.561. The van der Waals surface area contributed by atoms with Crippen LogP contribution < -0.4 is 4.90 Å². The molecule has 1 aliphatic rings. The molecule has 41 heavy (non-hydrogen) atoms. The van der Waals surface area contributed by atoms with E-state index in [9.17, 15) is 8.42 Å². The van der Waals surface area contributed by atoms with Crippen LogP contribution in [0.5, 0.6) is 0 Å². The van der Waals surface area contributed by atoms with Crippen molar-refractivity contribution in [2.75, 3.05) is 4.90 Å². The summed E-state index contributed by atoms with van der Waals surface area (Å²) in [5.41, 5.74) is 6.11. The number of benzene rings is 3. The molecule has 0 aliphatic heterocycles. The lowest BCUT2D eigenvalue weighted by Gasteiger charge is -2.31. The van der Waals surface area contributed by atoms with Gasteiger partial charge in [-0.25, -0.2) is 22.4 Å². The molecule has 0 saturated heterocycles. The van der Waals surface area contributed by atoms with Gasteiger partial charge in [-0.15, -0.1) is 0 Å². The number of rotatable bonds is 7. The van der Waals surface area contributed by atoms with Crippen LogP contribution in [0.2, 0.25) is 0 Å². The zero-order valence-corrected chi connectivity index (χ0v) is 23.6. The molecule has 3 aromatic heterocycles. The second-order valence-corrected chi connectivity index (χ2v) is 12.8. The molecule has 6 aromatic rings. The van der Waals surface area contributed by atoms with Gasteiger partial charge in [-0.3, -0.25) is 4.40 Å².